The number of hydrogen-bond acceptors (Lipinski definition) is 2. The quantitative estimate of drug-likeness (QED) is 0.278. The third-order valence-electron chi connectivity index (χ3n) is 0.858. The molecule has 38 valence electrons. The maximum absolute atomic E-state index is 10.1. The van der Waals surface area contributed by atoms with E-state index in [1.165, 1.54) is 0 Å². The Balaban J connectivity index is 0.000000490. The molecule has 1 aliphatic heterocycles. The summed E-state index contributed by atoms with van der Waals surface area (Å²) in [6.45, 7) is 0. The molecule has 0 atom stereocenters. The zero-order valence-electron chi connectivity index (χ0n) is 4.73. The molecule has 0 saturated carbocycles. The first-order valence-electron chi connectivity index (χ1n) is 2.12. The minimum atomic E-state index is -0.148. The summed E-state index contributed by atoms with van der Waals surface area (Å²) in [6, 6.07) is 0. The van der Waals surface area contributed by atoms with Gasteiger partial charge in [-0.15, -0.1) is 0 Å². The van der Waals surface area contributed by atoms with E-state index in [0.717, 1.165) is 0 Å². The monoisotopic (exact) mass is 138 g/mol. The van der Waals surface area contributed by atoms with Gasteiger partial charge in [0.05, 0.1) is 0 Å². The van der Waals surface area contributed by atoms with Crippen LogP contribution in [0.15, 0.2) is 0 Å². The molecule has 1 fully saturated rings. The predicted octanol–water partition coefficient (Wildman–Crippen LogP) is -3.57. The zero-order valence-corrected chi connectivity index (χ0v) is 7.85. The van der Waals surface area contributed by atoms with Crippen LogP contribution in [0.3, 0.4) is 0 Å². The maximum Gasteiger partial charge on any atom is 1.00 e. The molecule has 8 heavy (non-hydrogen) atoms. The summed E-state index contributed by atoms with van der Waals surface area (Å²) < 4.78 is 0. The zero-order chi connectivity index (χ0) is 5.28. The van der Waals surface area contributed by atoms with Crippen molar-refractivity contribution < 1.29 is 61.0 Å². The van der Waals surface area contributed by atoms with Gasteiger partial charge in [0, 0.05) is 12.8 Å². The van der Waals surface area contributed by atoms with E-state index in [0.29, 0.717) is 12.8 Å². The summed E-state index contributed by atoms with van der Waals surface area (Å²) in [5.41, 5.74) is 0. The van der Waals surface area contributed by atoms with E-state index in [4.69, 9.17) is 0 Å². The van der Waals surface area contributed by atoms with Crippen molar-refractivity contribution in [1.29, 1.82) is 0 Å². The second kappa shape index (κ2) is 3.74. The van der Waals surface area contributed by atoms with Crippen molar-refractivity contribution in [1.82, 2.24) is 5.32 Å². The van der Waals surface area contributed by atoms with Crippen molar-refractivity contribution >= 4 is 11.8 Å². The third kappa shape index (κ3) is 2.37. The minimum absolute atomic E-state index is 0. The average molecular weight is 138 g/mol. The average Bonchev–Trinajstić information content (AvgIpc) is 1.87. The summed E-state index contributed by atoms with van der Waals surface area (Å²) in [4.78, 5) is 20.2. The fourth-order valence-corrected chi connectivity index (χ4v) is 0.508. The SMILES string of the molecule is O=C1CCC(=O)N1.[K+]. The number of carbonyl (C=O) groups excluding carboxylic acids is 2. The van der Waals surface area contributed by atoms with E-state index in [1.807, 2.05) is 0 Å². The summed E-state index contributed by atoms with van der Waals surface area (Å²) in [5, 5.41) is 2.14. The molecule has 1 saturated heterocycles. The molecule has 0 unspecified atom stereocenters. The first-order chi connectivity index (χ1) is 3.29. The number of imide groups is 1. The van der Waals surface area contributed by atoms with Gasteiger partial charge < -0.3 is 0 Å². The molecule has 0 aromatic carbocycles. The second-order valence-electron chi connectivity index (χ2n) is 1.47. The molecule has 0 radical (unpaired) electrons. The smallest absolute Gasteiger partial charge is 0.296 e. The Morgan fingerprint density at radius 1 is 1.12 bits per heavy atom. The molecule has 0 aromatic heterocycles. The van der Waals surface area contributed by atoms with Crippen LogP contribution in [0, 0.1) is 0 Å². The van der Waals surface area contributed by atoms with Gasteiger partial charge in [0.15, 0.2) is 0 Å². The van der Waals surface area contributed by atoms with Crippen LogP contribution >= 0.6 is 0 Å². The van der Waals surface area contributed by atoms with Crippen molar-refractivity contribution in [3.05, 3.63) is 0 Å². The molecule has 2 amide bonds. The van der Waals surface area contributed by atoms with Gasteiger partial charge in [0.1, 0.15) is 0 Å². The molecule has 0 aliphatic carbocycles. The van der Waals surface area contributed by atoms with Crippen molar-refractivity contribution in [3.63, 3.8) is 0 Å². The van der Waals surface area contributed by atoms with Crippen molar-refractivity contribution in [2.75, 3.05) is 0 Å². The molecule has 1 aliphatic rings. The third-order valence-corrected chi connectivity index (χ3v) is 0.858. The Morgan fingerprint density at radius 3 is 1.62 bits per heavy atom. The van der Waals surface area contributed by atoms with Crippen LogP contribution in [0.5, 0.6) is 0 Å². The standard InChI is InChI=1S/C4H5NO2.K/c6-3-1-2-4(7)5-3;/h1-2H2,(H,5,6,7);/q;+1. The largest absolute Gasteiger partial charge is 1.00 e. The van der Waals surface area contributed by atoms with E-state index in [9.17, 15) is 9.59 Å². The first kappa shape index (κ1) is 8.78. The van der Waals surface area contributed by atoms with Gasteiger partial charge in [-0.1, -0.05) is 0 Å². The number of nitrogens with one attached hydrogen (secondary N) is 1. The van der Waals surface area contributed by atoms with E-state index >= 15 is 0 Å². The fourth-order valence-electron chi connectivity index (χ4n) is 0.508. The molecule has 1 rings (SSSR count). The van der Waals surface area contributed by atoms with Gasteiger partial charge in [-0.05, 0) is 0 Å². The van der Waals surface area contributed by atoms with Gasteiger partial charge in [-0.3, -0.25) is 14.9 Å². The summed E-state index contributed by atoms with van der Waals surface area (Å²) in [6.07, 6.45) is 0.748. The Bertz CT molecular complexity index is 109. The molecule has 4 heteroatoms. The fraction of sp³-hybridized carbons (Fsp3) is 0.500. The van der Waals surface area contributed by atoms with Crippen LogP contribution in [0.2, 0.25) is 0 Å². The second-order valence-corrected chi connectivity index (χ2v) is 1.47. The molecule has 0 spiro atoms. The molecule has 3 nitrogen and oxygen atoms in total. The molecule has 1 N–H and O–H groups in total. The van der Waals surface area contributed by atoms with Crippen molar-refractivity contribution in [2.45, 2.75) is 12.8 Å². The Hall–Kier alpha value is 0.776. The normalized spacial score (nSPS) is 17.5. The summed E-state index contributed by atoms with van der Waals surface area (Å²) >= 11 is 0. The number of amides is 2. The minimum Gasteiger partial charge on any atom is -0.296 e. The molecular weight excluding hydrogens is 133 g/mol. The van der Waals surface area contributed by atoms with Crippen LogP contribution in [0.25, 0.3) is 0 Å². The van der Waals surface area contributed by atoms with E-state index < -0.39 is 0 Å². The van der Waals surface area contributed by atoms with Crippen LogP contribution in [0.1, 0.15) is 12.8 Å². The van der Waals surface area contributed by atoms with Crippen molar-refractivity contribution in [2.24, 2.45) is 0 Å². The van der Waals surface area contributed by atoms with Crippen molar-refractivity contribution in [3.8, 4) is 0 Å². The molecular formula is C4H5KNO2+. The van der Waals surface area contributed by atoms with Gasteiger partial charge in [-0.2, -0.15) is 0 Å². The van der Waals surface area contributed by atoms with Gasteiger partial charge >= 0.3 is 51.4 Å². The van der Waals surface area contributed by atoms with Gasteiger partial charge in [0.25, 0.3) is 0 Å². The van der Waals surface area contributed by atoms with Crippen LogP contribution in [-0.2, 0) is 9.59 Å². The van der Waals surface area contributed by atoms with E-state index in [2.05, 4.69) is 5.32 Å². The maximum atomic E-state index is 10.1. The van der Waals surface area contributed by atoms with Gasteiger partial charge in [0.2, 0.25) is 11.8 Å². The number of hydrogen-bond donors (Lipinski definition) is 1. The van der Waals surface area contributed by atoms with Crippen LogP contribution < -0.4 is 56.7 Å². The van der Waals surface area contributed by atoms with Gasteiger partial charge in [-0.25, -0.2) is 0 Å². The molecule has 1 heterocycles. The number of carbonyl (C=O) groups is 2. The molecule has 0 aromatic rings. The Morgan fingerprint density at radius 2 is 1.50 bits per heavy atom. The molecule has 0 bridgehead atoms. The van der Waals surface area contributed by atoms with E-state index in [1.54, 1.807) is 0 Å². The Labute approximate surface area is 89.6 Å². The first-order valence-corrected chi connectivity index (χ1v) is 2.12. The summed E-state index contributed by atoms with van der Waals surface area (Å²) in [7, 11) is 0. The number of rotatable bonds is 0. The van der Waals surface area contributed by atoms with Crippen LogP contribution in [-0.4, -0.2) is 11.8 Å². The van der Waals surface area contributed by atoms with E-state index in [-0.39, 0.29) is 63.2 Å². The Kier molecular flexibility index (Phi) is 4.10. The summed E-state index contributed by atoms with van der Waals surface area (Å²) in [5.74, 6) is -0.296. The van der Waals surface area contributed by atoms with Crippen LogP contribution in [0.4, 0.5) is 0 Å². The topological polar surface area (TPSA) is 46.2 Å². The predicted molar refractivity (Wildman–Crippen MR) is 22.4 cm³/mol.